The third kappa shape index (κ3) is 7.77. The maximum Gasteiger partial charge on any atom is 0.160 e. The Morgan fingerprint density at radius 3 is 2.33 bits per heavy atom. The van der Waals surface area contributed by atoms with Gasteiger partial charge in [0.1, 0.15) is 11.3 Å². The Morgan fingerprint density at radius 2 is 1.67 bits per heavy atom. The Hall–Kier alpha value is -1.96. The number of hydrogen-bond acceptors (Lipinski definition) is 5. The molecule has 1 fully saturated rings. The van der Waals surface area contributed by atoms with Crippen LogP contribution in [0.15, 0.2) is 36.4 Å². The van der Waals surface area contributed by atoms with E-state index in [9.17, 15) is 0 Å². The quantitative estimate of drug-likeness (QED) is 0.336. The molecule has 36 heavy (non-hydrogen) atoms. The summed E-state index contributed by atoms with van der Waals surface area (Å²) in [6.07, 6.45) is 6.56. The van der Waals surface area contributed by atoms with Gasteiger partial charge in [-0.1, -0.05) is 43.3 Å². The molecule has 0 atom stereocenters. The predicted octanol–water partition coefficient (Wildman–Crippen LogP) is 5.17. The van der Waals surface area contributed by atoms with E-state index in [1.165, 1.54) is 16.7 Å². The summed E-state index contributed by atoms with van der Waals surface area (Å²) in [4.78, 5) is 14.8. The molecule has 8 heteroatoms. The van der Waals surface area contributed by atoms with Gasteiger partial charge in [0.2, 0.25) is 0 Å². The maximum atomic E-state index is 5.17. The van der Waals surface area contributed by atoms with Gasteiger partial charge in [-0.15, -0.1) is 24.8 Å². The molecule has 0 aliphatic carbocycles. The topological polar surface area (TPSA) is 46.4 Å². The van der Waals surface area contributed by atoms with Crippen molar-refractivity contribution in [1.82, 2.24) is 24.3 Å². The molecule has 6 nitrogen and oxygen atoms in total. The first-order valence-corrected chi connectivity index (χ1v) is 12.6. The third-order valence-corrected chi connectivity index (χ3v) is 6.70. The molecule has 4 rings (SSSR count). The highest BCUT2D eigenvalue weighted by Crippen LogP contribution is 2.21. The molecule has 0 saturated carbocycles. The number of hydrogen-bond donors (Lipinski definition) is 0. The number of benzene rings is 1. The second kappa shape index (κ2) is 14.7. The molecule has 0 radical (unpaired) electrons. The number of fused-ring (bicyclic) bond motifs is 1. The van der Waals surface area contributed by atoms with E-state index in [2.05, 4.69) is 77.6 Å². The Bertz CT molecular complexity index is 1110. The van der Waals surface area contributed by atoms with Crippen molar-refractivity contribution >= 4 is 42.1 Å². The van der Waals surface area contributed by atoms with Crippen molar-refractivity contribution in [2.24, 2.45) is 0 Å². The molecule has 2 aromatic heterocycles. The average Bonchev–Trinajstić information content (AvgIpc) is 3.19. The summed E-state index contributed by atoms with van der Waals surface area (Å²) in [6, 6.07) is 11.0. The minimum absolute atomic E-state index is 0. The number of methoxy groups -OCH3 is 1. The van der Waals surface area contributed by atoms with Crippen molar-refractivity contribution in [3.05, 3.63) is 64.6 Å². The van der Waals surface area contributed by atoms with E-state index in [-0.39, 0.29) is 24.8 Å². The van der Waals surface area contributed by atoms with Gasteiger partial charge in [-0.05, 0) is 43.0 Å². The summed E-state index contributed by atoms with van der Waals surface area (Å²) in [5.41, 5.74) is 6.79. The van der Waals surface area contributed by atoms with Gasteiger partial charge in [-0.3, -0.25) is 4.90 Å². The fourth-order valence-electron chi connectivity index (χ4n) is 4.77. The van der Waals surface area contributed by atoms with E-state index >= 15 is 0 Å². The smallest absolute Gasteiger partial charge is 0.160 e. The van der Waals surface area contributed by atoms with Crippen molar-refractivity contribution < 1.29 is 4.74 Å². The van der Waals surface area contributed by atoms with Crippen LogP contribution >= 0.6 is 24.8 Å². The standard InChI is InChI=1S/C28H39N5O.2ClH/c1-5-26-30-27-22(2)20-23(3)29-28(27)33(26)21-25-11-9-24(10-12-25)8-6-13-31-15-17-32(18-16-31)14-7-19-34-4;;/h6,8-12,20H,5,7,13-19,21H2,1-4H3;2*1H. The molecule has 0 amide bonds. The van der Waals surface area contributed by atoms with Gasteiger partial charge in [0.05, 0.1) is 6.54 Å². The van der Waals surface area contributed by atoms with E-state index in [1.807, 2.05) is 0 Å². The van der Waals surface area contributed by atoms with Crippen LogP contribution in [0.25, 0.3) is 17.2 Å². The first kappa shape index (κ1) is 30.3. The lowest BCUT2D eigenvalue weighted by molar-refractivity contribution is 0.124. The molecule has 0 unspecified atom stereocenters. The molecule has 198 valence electrons. The number of aromatic nitrogens is 3. The number of imidazole rings is 1. The van der Waals surface area contributed by atoms with Gasteiger partial charge in [0, 0.05) is 65.1 Å². The normalized spacial score (nSPS) is 14.8. The van der Waals surface area contributed by atoms with Gasteiger partial charge in [-0.25, -0.2) is 9.97 Å². The lowest BCUT2D eigenvalue weighted by atomic mass is 10.1. The Kier molecular flexibility index (Phi) is 12.4. The van der Waals surface area contributed by atoms with Crippen molar-refractivity contribution in [1.29, 1.82) is 0 Å². The molecular weight excluding hydrogens is 493 g/mol. The number of halogens is 2. The van der Waals surface area contributed by atoms with Crippen molar-refractivity contribution in [2.75, 3.05) is 53.0 Å². The molecule has 1 saturated heterocycles. The van der Waals surface area contributed by atoms with Crippen LogP contribution in [0.3, 0.4) is 0 Å². The molecule has 0 N–H and O–H groups in total. The van der Waals surface area contributed by atoms with Crippen LogP contribution in [0, 0.1) is 13.8 Å². The monoisotopic (exact) mass is 533 g/mol. The van der Waals surface area contributed by atoms with E-state index in [0.717, 1.165) is 87.9 Å². The van der Waals surface area contributed by atoms with Gasteiger partial charge in [-0.2, -0.15) is 0 Å². The SMILES string of the molecule is CCc1nc2c(C)cc(C)nc2n1Cc1ccc(C=CCN2CCN(CCCOC)CC2)cc1.Cl.Cl. The zero-order valence-electron chi connectivity index (χ0n) is 22.1. The summed E-state index contributed by atoms with van der Waals surface area (Å²) in [6.45, 7) is 14.7. The number of rotatable bonds is 10. The highest BCUT2D eigenvalue weighted by molar-refractivity contribution is 5.85. The van der Waals surface area contributed by atoms with E-state index in [0.29, 0.717) is 0 Å². The van der Waals surface area contributed by atoms with E-state index < -0.39 is 0 Å². The molecular formula is C28H41Cl2N5O. The Labute approximate surface area is 228 Å². The van der Waals surface area contributed by atoms with Crippen LogP contribution in [-0.4, -0.2) is 77.3 Å². The summed E-state index contributed by atoms with van der Waals surface area (Å²) < 4.78 is 7.44. The fourth-order valence-corrected chi connectivity index (χ4v) is 4.77. The minimum atomic E-state index is 0. The Balaban J connectivity index is 0.00000228. The van der Waals surface area contributed by atoms with Crippen LogP contribution in [0.2, 0.25) is 0 Å². The van der Waals surface area contributed by atoms with Gasteiger partial charge < -0.3 is 14.2 Å². The van der Waals surface area contributed by atoms with Gasteiger partial charge >= 0.3 is 0 Å². The lowest BCUT2D eigenvalue weighted by Crippen LogP contribution is -2.46. The van der Waals surface area contributed by atoms with Crippen molar-refractivity contribution in [3.63, 3.8) is 0 Å². The highest BCUT2D eigenvalue weighted by Gasteiger charge is 2.15. The molecule has 3 aromatic rings. The zero-order valence-corrected chi connectivity index (χ0v) is 23.7. The van der Waals surface area contributed by atoms with Crippen LogP contribution < -0.4 is 0 Å². The summed E-state index contributed by atoms with van der Waals surface area (Å²) in [5, 5.41) is 0. The van der Waals surface area contributed by atoms with Crippen molar-refractivity contribution in [3.8, 4) is 0 Å². The number of ether oxygens (including phenoxy) is 1. The second-order valence-electron chi connectivity index (χ2n) is 9.35. The molecule has 0 spiro atoms. The van der Waals surface area contributed by atoms with E-state index in [1.54, 1.807) is 7.11 Å². The average molecular weight is 535 g/mol. The lowest BCUT2D eigenvalue weighted by Gasteiger charge is -2.34. The van der Waals surface area contributed by atoms with Crippen LogP contribution in [0.4, 0.5) is 0 Å². The van der Waals surface area contributed by atoms with Crippen LogP contribution in [0.5, 0.6) is 0 Å². The first-order chi connectivity index (χ1) is 16.6. The van der Waals surface area contributed by atoms with Crippen molar-refractivity contribution in [2.45, 2.75) is 40.2 Å². The number of piperazine rings is 1. The fraction of sp³-hybridized carbons (Fsp3) is 0.500. The molecule has 1 aliphatic rings. The highest BCUT2D eigenvalue weighted by atomic mass is 35.5. The minimum Gasteiger partial charge on any atom is -0.385 e. The maximum absolute atomic E-state index is 5.17. The molecule has 0 bridgehead atoms. The largest absolute Gasteiger partial charge is 0.385 e. The summed E-state index contributed by atoms with van der Waals surface area (Å²) in [7, 11) is 1.78. The number of nitrogens with zero attached hydrogens (tertiary/aromatic N) is 5. The first-order valence-electron chi connectivity index (χ1n) is 12.6. The van der Waals surface area contributed by atoms with E-state index in [4.69, 9.17) is 14.7 Å². The van der Waals surface area contributed by atoms with Crippen LogP contribution in [-0.2, 0) is 17.7 Å². The number of aryl methyl sites for hydroxylation is 3. The molecule has 3 heterocycles. The summed E-state index contributed by atoms with van der Waals surface area (Å²) in [5.74, 6) is 1.10. The number of pyridine rings is 1. The third-order valence-electron chi connectivity index (χ3n) is 6.70. The van der Waals surface area contributed by atoms with Crippen LogP contribution in [0.1, 0.15) is 41.6 Å². The summed E-state index contributed by atoms with van der Waals surface area (Å²) >= 11 is 0. The van der Waals surface area contributed by atoms with Gasteiger partial charge in [0.15, 0.2) is 5.65 Å². The Morgan fingerprint density at radius 1 is 0.972 bits per heavy atom. The molecule has 1 aromatic carbocycles. The molecule has 1 aliphatic heterocycles. The second-order valence-corrected chi connectivity index (χ2v) is 9.35. The predicted molar refractivity (Wildman–Crippen MR) is 155 cm³/mol. The van der Waals surface area contributed by atoms with Gasteiger partial charge in [0.25, 0.3) is 0 Å². The zero-order chi connectivity index (χ0) is 23.9.